The van der Waals surface area contributed by atoms with Gasteiger partial charge in [-0.05, 0) is 31.2 Å². The standard InChI is InChI=1S/C15H14N2O3/c1-11(14-5-3-9-20-14)17-15(19)13-7-6-12(10-16-13)4-2-8-18/h3,5-7,9-11,18H,8H2,1H3,(H,17,19). The summed E-state index contributed by atoms with van der Waals surface area (Å²) in [6.07, 6.45) is 3.06. The van der Waals surface area contributed by atoms with Crippen molar-refractivity contribution < 1.29 is 14.3 Å². The SMILES string of the molecule is CC(NC(=O)c1ccc(C#CCO)cn1)c1ccco1. The lowest BCUT2D eigenvalue weighted by Crippen LogP contribution is -2.27. The van der Waals surface area contributed by atoms with Gasteiger partial charge in [-0.25, -0.2) is 4.98 Å². The second-order valence-electron chi connectivity index (χ2n) is 4.10. The van der Waals surface area contributed by atoms with Crippen LogP contribution in [0.1, 0.15) is 34.8 Å². The molecule has 0 aromatic carbocycles. The fraction of sp³-hybridized carbons (Fsp3) is 0.200. The van der Waals surface area contributed by atoms with E-state index in [9.17, 15) is 4.79 Å². The number of rotatable bonds is 3. The predicted molar refractivity (Wildman–Crippen MR) is 72.8 cm³/mol. The van der Waals surface area contributed by atoms with E-state index in [0.29, 0.717) is 17.0 Å². The Morgan fingerprint density at radius 3 is 2.95 bits per heavy atom. The minimum atomic E-state index is -0.282. The number of carbonyl (C=O) groups excluding carboxylic acids is 1. The van der Waals surface area contributed by atoms with Crippen molar-refractivity contribution in [1.82, 2.24) is 10.3 Å². The molecule has 2 aromatic heterocycles. The van der Waals surface area contributed by atoms with E-state index in [1.807, 2.05) is 6.92 Å². The zero-order valence-corrected chi connectivity index (χ0v) is 11.0. The molecule has 1 atom stereocenters. The summed E-state index contributed by atoms with van der Waals surface area (Å²) >= 11 is 0. The third kappa shape index (κ3) is 3.46. The van der Waals surface area contributed by atoms with E-state index < -0.39 is 0 Å². The molecule has 1 amide bonds. The highest BCUT2D eigenvalue weighted by molar-refractivity contribution is 5.92. The van der Waals surface area contributed by atoms with Crippen LogP contribution in [0.5, 0.6) is 0 Å². The van der Waals surface area contributed by atoms with E-state index in [-0.39, 0.29) is 18.6 Å². The molecule has 0 aliphatic carbocycles. The normalized spacial score (nSPS) is 11.3. The highest BCUT2D eigenvalue weighted by Gasteiger charge is 2.13. The fourth-order valence-corrected chi connectivity index (χ4v) is 1.62. The summed E-state index contributed by atoms with van der Waals surface area (Å²) < 4.78 is 5.22. The Morgan fingerprint density at radius 2 is 2.35 bits per heavy atom. The number of pyridine rings is 1. The van der Waals surface area contributed by atoms with Gasteiger partial charge in [0.25, 0.3) is 5.91 Å². The predicted octanol–water partition coefficient (Wildman–Crippen LogP) is 1.51. The van der Waals surface area contributed by atoms with Crippen LogP contribution in [-0.2, 0) is 0 Å². The van der Waals surface area contributed by atoms with Crippen LogP contribution < -0.4 is 5.32 Å². The summed E-state index contributed by atoms with van der Waals surface area (Å²) in [6.45, 7) is 1.63. The van der Waals surface area contributed by atoms with Crippen molar-refractivity contribution in [3.05, 3.63) is 53.7 Å². The summed E-state index contributed by atoms with van der Waals surface area (Å²) in [6, 6.07) is 6.61. The van der Waals surface area contributed by atoms with Crippen LogP contribution in [0.15, 0.2) is 41.1 Å². The lowest BCUT2D eigenvalue weighted by molar-refractivity contribution is 0.0930. The van der Waals surface area contributed by atoms with Crippen LogP contribution >= 0.6 is 0 Å². The second-order valence-corrected chi connectivity index (χ2v) is 4.10. The van der Waals surface area contributed by atoms with Gasteiger partial charge in [0, 0.05) is 11.8 Å². The maximum Gasteiger partial charge on any atom is 0.270 e. The lowest BCUT2D eigenvalue weighted by Gasteiger charge is -2.10. The first kappa shape index (κ1) is 13.8. The summed E-state index contributed by atoms with van der Waals surface area (Å²) in [5.74, 6) is 5.63. The molecular weight excluding hydrogens is 256 g/mol. The topological polar surface area (TPSA) is 75.4 Å². The van der Waals surface area contributed by atoms with Gasteiger partial charge in [-0.1, -0.05) is 11.8 Å². The van der Waals surface area contributed by atoms with Crippen molar-refractivity contribution in [3.63, 3.8) is 0 Å². The van der Waals surface area contributed by atoms with Crippen LogP contribution in [0.4, 0.5) is 0 Å². The molecular formula is C15H14N2O3. The zero-order chi connectivity index (χ0) is 14.4. The number of amides is 1. The molecule has 0 saturated heterocycles. The van der Waals surface area contributed by atoms with Gasteiger partial charge in [0.1, 0.15) is 18.1 Å². The van der Waals surface area contributed by atoms with Gasteiger partial charge in [-0.2, -0.15) is 0 Å². The molecule has 102 valence electrons. The van der Waals surface area contributed by atoms with Gasteiger partial charge >= 0.3 is 0 Å². The molecule has 0 spiro atoms. The third-order valence-corrected chi connectivity index (χ3v) is 2.63. The van der Waals surface area contributed by atoms with Gasteiger partial charge in [0.05, 0.1) is 12.3 Å². The first-order chi connectivity index (χ1) is 9.70. The molecule has 5 heteroatoms. The van der Waals surface area contributed by atoms with Crippen molar-refractivity contribution in [2.24, 2.45) is 0 Å². The van der Waals surface area contributed by atoms with E-state index >= 15 is 0 Å². The monoisotopic (exact) mass is 270 g/mol. The molecule has 0 bridgehead atoms. The summed E-state index contributed by atoms with van der Waals surface area (Å²) in [5, 5.41) is 11.4. The molecule has 2 aromatic rings. The molecule has 0 fully saturated rings. The van der Waals surface area contributed by atoms with E-state index in [1.165, 1.54) is 6.20 Å². The van der Waals surface area contributed by atoms with Crippen molar-refractivity contribution in [3.8, 4) is 11.8 Å². The molecule has 2 heterocycles. The van der Waals surface area contributed by atoms with Crippen molar-refractivity contribution in [2.45, 2.75) is 13.0 Å². The number of hydrogen-bond donors (Lipinski definition) is 2. The number of nitrogens with one attached hydrogen (secondary N) is 1. The van der Waals surface area contributed by atoms with Gasteiger partial charge in [-0.15, -0.1) is 0 Å². The van der Waals surface area contributed by atoms with Crippen molar-refractivity contribution >= 4 is 5.91 Å². The quantitative estimate of drug-likeness (QED) is 0.829. The van der Waals surface area contributed by atoms with E-state index in [0.717, 1.165) is 0 Å². The Kier molecular flexibility index (Phi) is 4.53. The van der Waals surface area contributed by atoms with Gasteiger partial charge < -0.3 is 14.8 Å². The van der Waals surface area contributed by atoms with Gasteiger partial charge in [-0.3, -0.25) is 4.79 Å². The molecule has 1 unspecified atom stereocenters. The Labute approximate surface area is 116 Å². The van der Waals surface area contributed by atoms with E-state index in [1.54, 1.807) is 30.5 Å². The number of furan rings is 1. The maximum absolute atomic E-state index is 12.0. The summed E-state index contributed by atoms with van der Waals surface area (Å²) in [7, 11) is 0. The zero-order valence-electron chi connectivity index (χ0n) is 11.0. The first-order valence-corrected chi connectivity index (χ1v) is 6.10. The summed E-state index contributed by atoms with van der Waals surface area (Å²) in [4.78, 5) is 16.0. The minimum absolute atomic E-state index is 0.205. The Bertz CT molecular complexity index is 621. The molecule has 5 nitrogen and oxygen atoms in total. The van der Waals surface area contributed by atoms with E-state index in [2.05, 4.69) is 22.1 Å². The molecule has 0 saturated carbocycles. The molecule has 0 aliphatic heterocycles. The maximum atomic E-state index is 12.0. The minimum Gasteiger partial charge on any atom is -0.467 e. The largest absolute Gasteiger partial charge is 0.467 e. The van der Waals surface area contributed by atoms with Crippen LogP contribution in [0.25, 0.3) is 0 Å². The fourth-order valence-electron chi connectivity index (χ4n) is 1.62. The van der Waals surface area contributed by atoms with Gasteiger partial charge in [0.15, 0.2) is 0 Å². The third-order valence-electron chi connectivity index (χ3n) is 2.63. The first-order valence-electron chi connectivity index (χ1n) is 6.10. The Morgan fingerprint density at radius 1 is 1.50 bits per heavy atom. The smallest absolute Gasteiger partial charge is 0.270 e. The number of aromatic nitrogens is 1. The van der Waals surface area contributed by atoms with Crippen molar-refractivity contribution in [2.75, 3.05) is 6.61 Å². The highest BCUT2D eigenvalue weighted by atomic mass is 16.3. The molecule has 20 heavy (non-hydrogen) atoms. The molecule has 2 rings (SSSR count). The number of hydrogen-bond acceptors (Lipinski definition) is 4. The number of nitrogens with zero attached hydrogens (tertiary/aromatic N) is 1. The molecule has 0 aliphatic rings. The van der Waals surface area contributed by atoms with Crippen LogP contribution in [0.2, 0.25) is 0 Å². The summed E-state index contributed by atoms with van der Waals surface area (Å²) in [5.41, 5.74) is 0.952. The number of aliphatic hydroxyl groups excluding tert-OH is 1. The molecule has 0 radical (unpaired) electrons. The van der Waals surface area contributed by atoms with Crippen LogP contribution in [0, 0.1) is 11.8 Å². The number of aliphatic hydroxyl groups is 1. The lowest BCUT2D eigenvalue weighted by atomic mass is 10.2. The highest BCUT2D eigenvalue weighted by Crippen LogP contribution is 2.12. The van der Waals surface area contributed by atoms with Crippen LogP contribution in [0.3, 0.4) is 0 Å². The Balaban J connectivity index is 2.02. The number of carbonyl (C=O) groups is 1. The van der Waals surface area contributed by atoms with Gasteiger partial charge in [0.2, 0.25) is 0 Å². The molecule has 2 N–H and O–H groups in total. The second kappa shape index (κ2) is 6.55. The average molecular weight is 270 g/mol. The van der Waals surface area contributed by atoms with E-state index in [4.69, 9.17) is 9.52 Å². The Hall–Kier alpha value is -2.58. The van der Waals surface area contributed by atoms with Crippen LogP contribution in [-0.4, -0.2) is 22.6 Å². The van der Waals surface area contributed by atoms with Crippen molar-refractivity contribution in [1.29, 1.82) is 0 Å². The average Bonchev–Trinajstić information content (AvgIpc) is 3.00.